The molecule has 2 aromatic carbocycles. The van der Waals surface area contributed by atoms with Gasteiger partial charge < -0.3 is 14.6 Å². The van der Waals surface area contributed by atoms with Gasteiger partial charge in [-0.25, -0.2) is 9.97 Å². The van der Waals surface area contributed by atoms with Gasteiger partial charge >= 0.3 is 0 Å². The number of nitrogens with zero attached hydrogens (tertiary/aromatic N) is 5. The van der Waals surface area contributed by atoms with E-state index in [9.17, 15) is 4.79 Å². The van der Waals surface area contributed by atoms with Crippen LogP contribution in [0.25, 0.3) is 0 Å². The van der Waals surface area contributed by atoms with Gasteiger partial charge in [0.25, 0.3) is 0 Å². The fourth-order valence-corrected chi connectivity index (χ4v) is 5.09. The fraction of sp³-hybridized carbons (Fsp3) is 0.222. The molecular formula is C27H28N6O2S2. The van der Waals surface area contributed by atoms with Crippen LogP contribution in [0.1, 0.15) is 22.8 Å². The Morgan fingerprint density at radius 3 is 2.46 bits per heavy atom. The van der Waals surface area contributed by atoms with Crippen LogP contribution < -0.4 is 10.1 Å². The Labute approximate surface area is 225 Å². The van der Waals surface area contributed by atoms with Gasteiger partial charge in [-0.1, -0.05) is 59.9 Å². The number of ether oxygens (including phenoxy) is 1. The van der Waals surface area contributed by atoms with Crippen molar-refractivity contribution in [2.75, 3.05) is 11.1 Å². The lowest BCUT2D eigenvalue weighted by Gasteiger charge is -2.09. The Bertz CT molecular complexity index is 1320. The van der Waals surface area contributed by atoms with Crippen molar-refractivity contribution < 1.29 is 9.53 Å². The van der Waals surface area contributed by atoms with Crippen molar-refractivity contribution in [2.45, 2.75) is 43.1 Å². The SMILES string of the molecule is C=CCn1c(CSc2nc(C)cc(C)n2)nnc1SCC(=O)Nc1ccc(OCc2ccccc2)cc1. The van der Waals surface area contributed by atoms with Gasteiger partial charge in [-0.15, -0.1) is 16.8 Å². The molecule has 1 N–H and O–H groups in total. The zero-order valence-corrected chi connectivity index (χ0v) is 22.4. The number of benzene rings is 2. The first-order valence-corrected chi connectivity index (χ1v) is 13.6. The number of nitrogens with one attached hydrogen (secondary N) is 1. The van der Waals surface area contributed by atoms with Crippen molar-refractivity contribution in [3.05, 3.63) is 96.1 Å². The van der Waals surface area contributed by atoms with Gasteiger partial charge in [-0.05, 0) is 49.7 Å². The first kappa shape index (κ1) is 26.4. The third kappa shape index (κ3) is 7.93. The molecule has 2 aromatic heterocycles. The molecule has 0 saturated carbocycles. The monoisotopic (exact) mass is 532 g/mol. The summed E-state index contributed by atoms with van der Waals surface area (Å²) in [7, 11) is 0. The second-order valence-electron chi connectivity index (χ2n) is 8.16. The number of anilines is 1. The van der Waals surface area contributed by atoms with E-state index in [0.29, 0.717) is 34.9 Å². The van der Waals surface area contributed by atoms with Crippen LogP contribution in [-0.2, 0) is 23.7 Å². The molecule has 0 spiro atoms. The number of amides is 1. The zero-order chi connectivity index (χ0) is 26.0. The lowest BCUT2D eigenvalue weighted by Crippen LogP contribution is -2.14. The predicted molar refractivity (Wildman–Crippen MR) is 148 cm³/mol. The van der Waals surface area contributed by atoms with E-state index in [-0.39, 0.29) is 11.7 Å². The van der Waals surface area contributed by atoms with Gasteiger partial charge in [-0.3, -0.25) is 4.79 Å². The lowest BCUT2D eigenvalue weighted by atomic mass is 10.2. The summed E-state index contributed by atoms with van der Waals surface area (Å²) in [6, 6.07) is 19.3. The molecule has 190 valence electrons. The average molecular weight is 533 g/mol. The predicted octanol–water partition coefficient (Wildman–Crippen LogP) is 5.47. The van der Waals surface area contributed by atoms with Crippen LogP contribution in [0.5, 0.6) is 5.75 Å². The maximum Gasteiger partial charge on any atom is 0.234 e. The molecule has 0 saturated heterocycles. The topological polar surface area (TPSA) is 94.8 Å². The van der Waals surface area contributed by atoms with E-state index in [4.69, 9.17) is 4.74 Å². The molecule has 1 amide bonds. The second kappa shape index (κ2) is 13.1. The van der Waals surface area contributed by atoms with E-state index < -0.39 is 0 Å². The highest BCUT2D eigenvalue weighted by Gasteiger charge is 2.15. The lowest BCUT2D eigenvalue weighted by molar-refractivity contribution is -0.113. The van der Waals surface area contributed by atoms with Gasteiger partial charge in [-0.2, -0.15) is 0 Å². The van der Waals surface area contributed by atoms with Crippen LogP contribution in [-0.4, -0.2) is 36.4 Å². The number of rotatable bonds is 12. The molecule has 2 heterocycles. The van der Waals surface area contributed by atoms with Crippen molar-refractivity contribution >= 4 is 35.1 Å². The minimum Gasteiger partial charge on any atom is -0.489 e. The normalized spacial score (nSPS) is 10.8. The van der Waals surface area contributed by atoms with E-state index in [1.165, 1.54) is 23.5 Å². The molecule has 10 heteroatoms. The van der Waals surface area contributed by atoms with E-state index >= 15 is 0 Å². The van der Waals surface area contributed by atoms with Crippen LogP contribution in [0, 0.1) is 13.8 Å². The van der Waals surface area contributed by atoms with Gasteiger partial charge in [0.15, 0.2) is 10.3 Å². The molecule has 0 bridgehead atoms. The molecule has 0 atom stereocenters. The molecule has 0 radical (unpaired) electrons. The summed E-state index contributed by atoms with van der Waals surface area (Å²) in [5.74, 6) is 2.16. The summed E-state index contributed by atoms with van der Waals surface area (Å²) in [6.45, 7) is 8.78. The number of aromatic nitrogens is 5. The molecule has 0 aliphatic carbocycles. The second-order valence-corrected chi connectivity index (χ2v) is 10.0. The molecule has 0 fully saturated rings. The van der Waals surface area contributed by atoms with Crippen molar-refractivity contribution in [1.82, 2.24) is 24.7 Å². The zero-order valence-electron chi connectivity index (χ0n) is 20.8. The van der Waals surface area contributed by atoms with Gasteiger partial charge in [0.1, 0.15) is 18.2 Å². The highest BCUT2D eigenvalue weighted by molar-refractivity contribution is 7.99. The van der Waals surface area contributed by atoms with Gasteiger partial charge in [0.2, 0.25) is 5.91 Å². The summed E-state index contributed by atoms with van der Waals surface area (Å²) in [5.41, 5.74) is 3.66. The largest absolute Gasteiger partial charge is 0.489 e. The van der Waals surface area contributed by atoms with Crippen molar-refractivity contribution in [3.8, 4) is 5.75 Å². The average Bonchev–Trinajstić information content (AvgIpc) is 3.27. The van der Waals surface area contributed by atoms with E-state index in [2.05, 4.69) is 32.1 Å². The van der Waals surface area contributed by atoms with Crippen molar-refractivity contribution in [3.63, 3.8) is 0 Å². The Morgan fingerprint density at radius 2 is 1.76 bits per heavy atom. The quantitative estimate of drug-likeness (QED) is 0.146. The fourth-order valence-electron chi connectivity index (χ4n) is 3.43. The number of hydrogen-bond donors (Lipinski definition) is 1. The highest BCUT2D eigenvalue weighted by atomic mass is 32.2. The van der Waals surface area contributed by atoms with Crippen LogP contribution in [0.15, 0.2) is 83.6 Å². The van der Waals surface area contributed by atoms with Crippen LogP contribution in [0.4, 0.5) is 5.69 Å². The standard InChI is InChI=1S/C27H28N6O2S2/c1-4-14-33-24(17-36-26-28-19(2)15-20(3)29-26)31-32-27(33)37-18-25(34)30-22-10-12-23(13-11-22)35-16-21-8-6-5-7-9-21/h4-13,15H,1,14,16-18H2,2-3H3,(H,30,34). The molecule has 4 aromatic rings. The molecule has 0 unspecified atom stereocenters. The minimum atomic E-state index is -0.129. The molecule has 0 aliphatic rings. The minimum absolute atomic E-state index is 0.129. The molecule has 37 heavy (non-hydrogen) atoms. The summed E-state index contributed by atoms with van der Waals surface area (Å²) >= 11 is 2.84. The maximum atomic E-state index is 12.6. The number of hydrogen-bond acceptors (Lipinski definition) is 8. The van der Waals surface area contributed by atoms with Gasteiger partial charge in [0, 0.05) is 23.6 Å². The molecule has 8 nitrogen and oxygen atoms in total. The van der Waals surface area contributed by atoms with Crippen molar-refractivity contribution in [1.29, 1.82) is 0 Å². The highest BCUT2D eigenvalue weighted by Crippen LogP contribution is 2.24. The Balaban J connectivity index is 1.29. The van der Waals surface area contributed by atoms with Crippen LogP contribution in [0.3, 0.4) is 0 Å². The molecular weight excluding hydrogens is 504 g/mol. The first-order chi connectivity index (χ1) is 18.0. The van der Waals surface area contributed by atoms with E-state index in [0.717, 1.165) is 28.5 Å². The summed E-state index contributed by atoms with van der Waals surface area (Å²) < 4.78 is 7.76. The number of carbonyl (C=O) groups is 1. The number of aryl methyl sites for hydroxylation is 2. The summed E-state index contributed by atoms with van der Waals surface area (Å²) in [4.78, 5) is 21.5. The molecule has 4 rings (SSSR count). The maximum absolute atomic E-state index is 12.6. The first-order valence-electron chi connectivity index (χ1n) is 11.7. The van der Waals surface area contributed by atoms with E-state index in [1.807, 2.05) is 79.1 Å². The number of allylic oxidation sites excluding steroid dienone is 1. The Kier molecular flexibility index (Phi) is 9.34. The third-order valence-electron chi connectivity index (χ3n) is 5.12. The molecule has 0 aliphatic heterocycles. The van der Waals surface area contributed by atoms with Gasteiger partial charge in [0.05, 0.1) is 11.5 Å². The van der Waals surface area contributed by atoms with E-state index in [1.54, 1.807) is 6.08 Å². The van der Waals surface area contributed by atoms with Crippen molar-refractivity contribution in [2.24, 2.45) is 0 Å². The number of carbonyl (C=O) groups excluding carboxylic acids is 1. The smallest absolute Gasteiger partial charge is 0.234 e. The Morgan fingerprint density at radius 1 is 1.03 bits per heavy atom. The van der Waals surface area contributed by atoms with Crippen LogP contribution >= 0.6 is 23.5 Å². The van der Waals surface area contributed by atoms with Crippen LogP contribution in [0.2, 0.25) is 0 Å². The number of thioether (sulfide) groups is 2. The summed E-state index contributed by atoms with van der Waals surface area (Å²) in [5, 5.41) is 12.9. The summed E-state index contributed by atoms with van der Waals surface area (Å²) in [6.07, 6.45) is 1.79. The third-order valence-corrected chi connectivity index (χ3v) is 6.93. The Hall–Kier alpha value is -3.63.